The van der Waals surface area contributed by atoms with E-state index in [2.05, 4.69) is 22.5 Å². The number of azo groups is 1. The maximum Gasteiger partial charge on any atom is 0.296 e. The lowest BCUT2D eigenvalue weighted by Crippen LogP contribution is -2.12. The Balaban J connectivity index is 1.26. The molecule has 0 aromatic heterocycles. The van der Waals surface area contributed by atoms with Crippen molar-refractivity contribution >= 4 is 40.1 Å². The molecule has 8 heteroatoms. The van der Waals surface area contributed by atoms with E-state index >= 15 is 0 Å². The molecule has 0 saturated heterocycles. The van der Waals surface area contributed by atoms with Crippen LogP contribution in [0.1, 0.15) is 150 Å². The molecule has 1 atom stereocenters. The van der Waals surface area contributed by atoms with Gasteiger partial charge in [0.15, 0.2) is 11.5 Å². The zero-order chi connectivity index (χ0) is 32.3. The Labute approximate surface area is 276 Å². The first kappa shape index (κ1) is 36.5. The molecule has 2 aromatic rings. The highest BCUT2D eigenvalue weighted by Gasteiger charge is 2.32. The molecule has 0 heterocycles. The van der Waals surface area contributed by atoms with Gasteiger partial charge in [-0.15, -0.1) is 5.11 Å². The standard InChI is InChI=1S/C37H54N4O3S/c1-3-4-5-6-7-8-9-10-11-12-13-14-15-16-17-18-19-20-24-36(45)38-32-23-21-22-30-31(32)28-34(37(30)42)40-39-33-26-25-29(2)27-35(33)41(43)44/h21-23,25-27,34H,3-20,24,28H2,1-2H3,(H,38,45). The van der Waals surface area contributed by atoms with Crippen molar-refractivity contribution in [3.05, 3.63) is 63.2 Å². The number of fused-ring (bicyclic) bond motifs is 1. The molecule has 0 amide bonds. The zero-order valence-corrected chi connectivity index (χ0v) is 28.5. The molecule has 0 radical (unpaired) electrons. The van der Waals surface area contributed by atoms with Gasteiger partial charge in [-0.2, -0.15) is 5.11 Å². The van der Waals surface area contributed by atoms with Crippen LogP contribution in [0.15, 0.2) is 46.6 Å². The molecule has 1 aliphatic carbocycles. The molecular formula is C37H54N4O3S. The van der Waals surface area contributed by atoms with E-state index in [1.807, 2.05) is 12.1 Å². The molecular weight excluding hydrogens is 580 g/mol. The largest absolute Gasteiger partial charge is 0.350 e. The van der Waals surface area contributed by atoms with Crippen LogP contribution < -0.4 is 5.32 Å². The van der Waals surface area contributed by atoms with Gasteiger partial charge >= 0.3 is 0 Å². The Kier molecular flexibility index (Phi) is 17.0. The molecule has 0 fully saturated rings. The maximum atomic E-state index is 13.0. The summed E-state index contributed by atoms with van der Waals surface area (Å²) in [7, 11) is 0. The van der Waals surface area contributed by atoms with Gasteiger partial charge in [-0.05, 0) is 43.0 Å². The quantitative estimate of drug-likeness (QED) is 0.0431. The third-order valence-corrected chi connectivity index (χ3v) is 9.11. The van der Waals surface area contributed by atoms with E-state index < -0.39 is 11.0 Å². The first-order chi connectivity index (χ1) is 21.9. The third-order valence-electron chi connectivity index (χ3n) is 8.81. The smallest absolute Gasteiger partial charge is 0.296 e. The first-order valence-electron chi connectivity index (χ1n) is 17.5. The normalized spacial score (nSPS) is 14.3. The van der Waals surface area contributed by atoms with Crippen molar-refractivity contribution in [3.63, 3.8) is 0 Å². The van der Waals surface area contributed by atoms with E-state index in [1.54, 1.807) is 25.1 Å². The molecule has 246 valence electrons. The first-order valence-corrected chi connectivity index (χ1v) is 17.9. The molecule has 0 spiro atoms. The molecule has 7 nitrogen and oxygen atoms in total. The van der Waals surface area contributed by atoms with Crippen molar-refractivity contribution in [2.45, 2.75) is 148 Å². The van der Waals surface area contributed by atoms with Crippen LogP contribution in [0, 0.1) is 17.0 Å². The van der Waals surface area contributed by atoms with Crippen molar-refractivity contribution in [2.24, 2.45) is 10.2 Å². The second-order valence-electron chi connectivity index (χ2n) is 12.7. The van der Waals surface area contributed by atoms with E-state index in [1.165, 1.54) is 115 Å². The molecule has 0 bridgehead atoms. The van der Waals surface area contributed by atoms with Gasteiger partial charge in [-0.25, -0.2) is 0 Å². The van der Waals surface area contributed by atoms with Crippen LogP contribution >= 0.6 is 12.2 Å². The number of Topliss-reactive ketones (excluding diaryl/α,β-unsaturated/α-hetero) is 1. The topological polar surface area (TPSA) is 97.0 Å². The van der Waals surface area contributed by atoms with E-state index in [4.69, 9.17) is 12.2 Å². The lowest BCUT2D eigenvalue weighted by Gasteiger charge is -2.12. The number of hydrogen-bond donors (Lipinski definition) is 1. The minimum Gasteiger partial charge on any atom is -0.350 e. The Bertz CT molecular complexity index is 1260. The molecule has 45 heavy (non-hydrogen) atoms. The van der Waals surface area contributed by atoms with Gasteiger partial charge in [0.2, 0.25) is 0 Å². The fourth-order valence-corrected chi connectivity index (χ4v) is 6.36. The highest BCUT2D eigenvalue weighted by atomic mass is 32.1. The average Bonchev–Trinajstić information content (AvgIpc) is 3.35. The van der Waals surface area contributed by atoms with Crippen LogP contribution in [-0.4, -0.2) is 21.7 Å². The number of carbonyl (C=O) groups is 1. The number of rotatable bonds is 23. The number of nitro benzene ring substituents is 1. The van der Waals surface area contributed by atoms with Crippen molar-refractivity contribution in [3.8, 4) is 0 Å². The number of aryl methyl sites for hydroxylation is 1. The van der Waals surface area contributed by atoms with Gasteiger partial charge in [0, 0.05) is 23.7 Å². The summed E-state index contributed by atoms with van der Waals surface area (Å²) < 4.78 is 0. The second-order valence-corrected chi connectivity index (χ2v) is 13.2. The highest BCUT2D eigenvalue weighted by molar-refractivity contribution is 7.80. The van der Waals surface area contributed by atoms with Crippen LogP contribution in [0.4, 0.5) is 17.1 Å². The van der Waals surface area contributed by atoms with Gasteiger partial charge in [0.1, 0.15) is 6.04 Å². The van der Waals surface area contributed by atoms with Gasteiger partial charge < -0.3 is 5.32 Å². The van der Waals surface area contributed by atoms with Crippen LogP contribution in [0.2, 0.25) is 0 Å². The van der Waals surface area contributed by atoms with Gasteiger partial charge in [-0.1, -0.05) is 146 Å². The van der Waals surface area contributed by atoms with Crippen LogP contribution in [0.5, 0.6) is 0 Å². The van der Waals surface area contributed by atoms with Crippen molar-refractivity contribution < 1.29 is 9.72 Å². The predicted molar refractivity (Wildman–Crippen MR) is 190 cm³/mol. The maximum absolute atomic E-state index is 13.0. The summed E-state index contributed by atoms with van der Waals surface area (Å²) in [6, 6.07) is 9.66. The second kappa shape index (κ2) is 20.9. The summed E-state index contributed by atoms with van der Waals surface area (Å²) in [6.45, 7) is 4.06. The average molecular weight is 635 g/mol. The molecule has 0 saturated carbocycles. The molecule has 3 rings (SSSR count). The highest BCUT2D eigenvalue weighted by Crippen LogP contribution is 2.33. The van der Waals surface area contributed by atoms with Crippen molar-refractivity contribution in [1.82, 2.24) is 0 Å². The molecule has 2 aromatic carbocycles. The fourth-order valence-electron chi connectivity index (χ4n) is 6.11. The number of nitrogens with one attached hydrogen (secondary N) is 1. The summed E-state index contributed by atoms with van der Waals surface area (Å²) in [6.07, 6.45) is 25.6. The van der Waals surface area contributed by atoms with Crippen LogP contribution in [0.3, 0.4) is 0 Å². The van der Waals surface area contributed by atoms with E-state index in [9.17, 15) is 14.9 Å². The Hall–Kier alpha value is -3.00. The lowest BCUT2D eigenvalue weighted by molar-refractivity contribution is -0.384. The number of carbonyl (C=O) groups excluding carboxylic acids is 1. The van der Waals surface area contributed by atoms with Gasteiger partial charge in [0.25, 0.3) is 5.69 Å². The van der Waals surface area contributed by atoms with Crippen LogP contribution in [-0.2, 0) is 6.42 Å². The number of nitrogens with zero attached hydrogens (tertiary/aromatic N) is 3. The van der Waals surface area contributed by atoms with Gasteiger partial charge in [-0.3, -0.25) is 14.9 Å². The number of anilines is 1. The summed E-state index contributed by atoms with van der Waals surface area (Å²) in [5, 5.41) is 23.1. The Morgan fingerprint density at radius 2 is 1.42 bits per heavy atom. The molecule has 0 aliphatic heterocycles. The number of hydrogen-bond acceptors (Lipinski definition) is 6. The predicted octanol–water partition coefficient (Wildman–Crippen LogP) is 12.0. The monoisotopic (exact) mass is 634 g/mol. The van der Waals surface area contributed by atoms with E-state index in [0.29, 0.717) is 12.0 Å². The number of thiocarbonyl (C=S) groups is 1. The Morgan fingerprint density at radius 1 is 0.867 bits per heavy atom. The zero-order valence-electron chi connectivity index (χ0n) is 27.7. The van der Waals surface area contributed by atoms with Gasteiger partial charge in [0.05, 0.1) is 9.91 Å². The van der Waals surface area contributed by atoms with Crippen LogP contribution in [0.25, 0.3) is 0 Å². The number of unbranched alkanes of at least 4 members (excludes halogenated alkanes) is 17. The molecule has 1 aliphatic rings. The Morgan fingerprint density at radius 3 is 1.98 bits per heavy atom. The molecule has 1 unspecified atom stereocenters. The number of nitro groups is 1. The summed E-state index contributed by atoms with van der Waals surface area (Å²) in [4.78, 5) is 24.8. The van der Waals surface area contributed by atoms with E-state index in [-0.39, 0.29) is 17.2 Å². The number of benzene rings is 2. The lowest BCUT2D eigenvalue weighted by atomic mass is 10.0. The number of ketones is 1. The van der Waals surface area contributed by atoms with Crippen molar-refractivity contribution in [2.75, 3.05) is 5.32 Å². The van der Waals surface area contributed by atoms with E-state index in [0.717, 1.165) is 34.6 Å². The summed E-state index contributed by atoms with van der Waals surface area (Å²) in [5.41, 5.74) is 3.13. The minimum absolute atomic E-state index is 0.117. The minimum atomic E-state index is -0.702. The summed E-state index contributed by atoms with van der Waals surface area (Å²) >= 11 is 5.64. The third kappa shape index (κ3) is 13.1. The SMILES string of the molecule is CCCCCCCCCCCCCCCCCCCCC(=S)Nc1cccc2c1CC(N=Nc1ccc(C)cc1[N+](=O)[O-])C2=O. The molecule has 1 N–H and O–H groups in total. The fraction of sp³-hybridized carbons (Fsp3) is 0.622. The summed E-state index contributed by atoms with van der Waals surface area (Å²) in [5.74, 6) is -0.124. The van der Waals surface area contributed by atoms with Crippen molar-refractivity contribution in [1.29, 1.82) is 0 Å².